The molecule has 0 spiro atoms. The fraction of sp³-hybridized carbons (Fsp3) is 0.259. The van der Waals surface area contributed by atoms with Crippen molar-refractivity contribution in [1.29, 1.82) is 0 Å². The van der Waals surface area contributed by atoms with Crippen LogP contribution in [-0.2, 0) is 26.2 Å². The Bertz CT molecular complexity index is 1400. The molecule has 0 saturated heterocycles. The van der Waals surface area contributed by atoms with Crippen LogP contribution in [0.25, 0.3) is 0 Å². The van der Waals surface area contributed by atoms with E-state index in [1.165, 1.54) is 23.1 Å². The molecule has 11 heteroatoms. The van der Waals surface area contributed by atoms with E-state index in [9.17, 15) is 18.0 Å². The van der Waals surface area contributed by atoms with Gasteiger partial charge in [0.05, 0.1) is 10.6 Å². The van der Waals surface area contributed by atoms with Crippen LogP contribution in [0.1, 0.15) is 25.0 Å². The number of carbonyl (C=O) groups is 2. The molecule has 3 aromatic rings. The number of rotatable bonds is 10. The van der Waals surface area contributed by atoms with Gasteiger partial charge in [-0.25, -0.2) is 8.42 Å². The molecule has 202 valence electrons. The first-order chi connectivity index (χ1) is 17.9. The summed E-state index contributed by atoms with van der Waals surface area (Å²) >= 11 is 18.9. The van der Waals surface area contributed by atoms with Gasteiger partial charge in [-0.1, -0.05) is 64.6 Å². The maximum atomic E-state index is 13.8. The molecule has 0 aliphatic carbocycles. The highest BCUT2D eigenvalue weighted by Gasteiger charge is 2.33. The Balaban J connectivity index is 2.07. The minimum absolute atomic E-state index is 0.00773. The zero-order chi connectivity index (χ0) is 28.0. The zero-order valence-electron chi connectivity index (χ0n) is 21.1. The van der Waals surface area contributed by atoms with Gasteiger partial charge < -0.3 is 10.2 Å². The first-order valence-electron chi connectivity index (χ1n) is 11.8. The number of halogens is 3. The second-order valence-corrected chi connectivity index (χ2v) is 11.7. The van der Waals surface area contributed by atoms with E-state index in [1.54, 1.807) is 62.4 Å². The molecule has 1 atom stereocenters. The highest BCUT2D eigenvalue weighted by atomic mass is 35.5. The molecule has 3 aromatic carbocycles. The number of hydrogen-bond acceptors (Lipinski definition) is 4. The Kier molecular flexibility index (Phi) is 10.1. The highest BCUT2D eigenvalue weighted by Crippen LogP contribution is 2.29. The van der Waals surface area contributed by atoms with Crippen LogP contribution in [-0.4, -0.2) is 44.3 Å². The molecule has 38 heavy (non-hydrogen) atoms. The molecular formula is C27H28Cl3N3O4S. The van der Waals surface area contributed by atoms with Crippen LogP contribution < -0.4 is 9.62 Å². The van der Waals surface area contributed by atoms with Crippen molar-refractivity contribution >= 4 is 62.3 Å². The summed E-state index contributed by atoms with van der Waals surface area (Å²) in [4.78, 5) is 27.9. The van der Waals surface area contributed by atoms with Gasteiger partial charge in [-0.2, -0.15) is 0 Å². The van der Waals surface area contributed by atoms with Crippen molar-refractivity contribution < 1.29 is 18.0 Å². The van der Waals surface area contributed by atoms with Crippen molar-refractivity contribution in [3.63, 3.8) is 0 Å². The average Bonchev–Trinajstić information content (AvgIpc) is 2.87. The minimum Gasteiger partial charge on any atom is -0.355 e. The van der Waals surface area contributed by atoms with Crippen molar-refractivity contribution in [3.8, 4) is 0 Å². The van der Waals surface area contributed by atoms with E-state index < -0.39 is 34.4 Å². The number of benzene rings is 3. The third-order valence-corrected chi connectivity index (χ3v) is 8.62. The molecule has 0 radical (unpaired) electrons. The van der Waals surface area contributed by atoms with E-state index in [4.69, 9.17) is 34.8 Å². The summed E-state index contributed by atoms with van der Waals surface area (Å²) in [7, 11) is -4.19. The third-order valence-electron chi connectivity index (χ3n) is 5.89. The van der Waals surface area contributed by atoms with Gasteiger partial charge in [-0.05, 0) is 63.2 Å². The molecule has 1 unspecified atom stereocenters. The Hall–Kier alpha value is -2.78. The number of aryl methyl sites for hydroxylation is 1. The van der Waals surface area contributed by atoms with Gasteiger partial charge in [-0.15, -0.1) is 0 Å². The van der Waals surface area contributed by atoms with E-state index in [0.717, 1.165) is 9.87 Å². The summed E-state index contributed by atoms with van der Waals surface area (Å²) in [5.74, 6) is -1.03. The molecule has 0 aromatic heterocycles. The van der Waals surface area contributed by atoms with Crippen molar-refractivity contribution in [3.05, 3.63) is 92.9 Å². The molecule has 1 N–H and O–H groups in total. The smallest absolute Gasteiger partial charge is 0.264 e. The second-order valence-electron chi connectivity index (χ2n) is 8.60. The van der Waals surface area contributed by atoms with Gasteiger partial charge in [0.25, 0.3) is 10.0 Å². The minimum atomic E-state index is -4.19. The number of nitrogens with one attached hydrogen (secondary N) is 1. The fourth-order valence-electron chi connectivity index (χ4n) is 3.76. The molecule has 0 bridgehead atoms. The monoisotopic (exact) mass is 595 g/mol. The van der Waals surface area contributed by atoms with E-state index in [0.29, 0.717) is 27.2 Å². The van der Waals surface area contributed by atoms with E-state index >= 15 is 0 Å². The van der Waals surface area contributed by atoms with Gasteiger partial charge >= 0.3 is 0 Å². The maximum absolute atomic E-state index is 13.8. The van der Waals surface area contributed by atoms with E-state index in [2.05, 4.69) is 5.32 Å². The number of likely N-dealkylation sites (N-methyl/N-ethyl adjacent to an activating group) is 1. The summed E-state index contributed by atoms with van der Waals surface area (Å²) < 4.78 is 28.5. The van der Waals surface area contributed by atoms with Crippen molar-refractivity contribution in [2.45, 2.75) is 38.3 Å². The van der Waals surface area contributed by atoms with Gasteiger partial charge in [0.1, 0.15) is 12.6 Å². The molecule has 2 amide bonds. The number of nitrogens with zero attached hydrogens (tertiary/aromatic N) is 2. The lowest BCUT2D eigenvalue weighted by atomic mass is 10.1. The topological polar surface area (TPSA) is 86.8 Å². The standard InChI is InChI=1S/C27H28Cl3N3O4S/c1-4-31-27(35)19(3)32(16-23-24(29)9-6-10-25(23)30)26(34)17-33(21-8-5-7-20(28)15-21)38(36,37)22-13-11-18(2)12-14-22/h5-15,19H,4,16-17H2,1-3H3,(H,31,35). The lowest BCUT2D eigenvalue weighted by Crippen LogP contribution is -2.51. The predicted molar refractivity (Wildman–Crippen MR) is 152 cm³/mol. The van der Waals surface area contributed by atoms with Crippen LogP contribution in [0.2, 0.25) is 15.1 Å². The Labute approximate surface area is 238 Å². The number of carbonyl (C=O) groups excluding carboxylic acids is 2. The lowest BCUT2D eigenvalue weighted by molar-refractivity contribution is -0.139. The maximum Gasteiger partial charge on any atom is 0.264 e. The molecule has 0 fully saturated rings. The molecule has 0 aliphatic heterocycles. The second kappa shape index (κ2) is 12.8. The van der Waals surface area contributed by atoms with Gasteiger partial charge in [0.15, 0.2) is 0 Å². The quantitative estimate of drug-likeness (QED) is 0.325. The number of hydrogen-bond donors (Lipinski definition) is 1. The van der Waals surface area contributed by atoms with Crippen LogP contribution >= 0.6 is 34.8 Å². The first-order valence-corrected chi connectivity index (χ1v) is 14.4. The van der Waals surface area contributed by atoms with Gasteiger partial charge in [0, 0.05) is 33.7 Å². The Morgan fingerprint density at radius 3 is 2.13 bits per heavy atom. The molecular weight excluding hydrogens is 569 g/mol. The Morgan fingerprint density at radius 2 is 1.55 bits per heavy atom. The lowest BCUT2D eigenvalue weighted by Gasteiger charge is -2.32. The molecule has 3 rings (SSSR count). The summed E-state index contributed by atoms with van der Waals surface area (Å²) in [6.07, 6.45) is 0. The zero-order valence-corrected chi connectivity index (χ0v) is 24.2. The SMILES string of the molecule is CCNC(=O)C(C)N(Cc1c(Cl)cccc1Cl)C(=O)CN(c1cccc(Cl)c1)S(=O)(=O)c1ccc(C)cc1. The van der Waals surface area contributed by atoms with Gasteiger partial charge in [-0.3, -0.25) is 13.9 Å². The van der Waals surface area contributed by atoms with Crippen LogP contribution in [0.5, 0.6) is 0 Å². The van der Waals surface area contributed by atoms with E-state index in [1.807, 2.05) is 6.92 Å². The fourth-order valence-corrected chi connectivity index (χ4v) is 5.86. The van der Waals surface area contributed by atoms with Crippen molar-refractivity contribution in [1.82, 2.24) is 10.2 Å². The predicted octanol–water partition coefficient (Wildman–Crippen LogP) is 5.70. The molecule has 0 aliphatic rings. The molecule has 7 nitrogen and oxygen atoms in total. The van der Waals surface area contributed by atoms with Crippen LogP contribution in [0.3, 0.4) is 0 Å². The average molecular weight is 597 g/mol. The highest BCUT2D eigenvalue weighted by molar-refractivity contribution is 7.92. The number of amides is 2. The van der Waals surface area contributed by atoms with E-state index in [-0.39, 0.29) is 17.1 Å². The summed E-state index contributed by atoms with van der Waals surface area (Å²) in [5.41, 5.74) is 1.52. The van der Waals surface area contributed by atoms with Crippen LogP contribution in [0.4, 0.5) is 5.69 Å². The number of sulfonamides is 1. The largest absolute Gasteiger partial charge is 0.355 e. The van der Waals surface area contributed by atoms with Crippen LogP contribution in [0, 0.1) is 6.92 Å². The summed E-state index contributed by atoms with van der Waals surface area (Å²) in [6.45, 7) is 4.82. The Morgan fingerprint density at radius 1 is 0.947 bits per heavy atom. The molecule has 0 heterocycles. The summed E-state index contributed by atoms with van der Waals surface area (Å²) in [6, 6.07) is 16.5. The van der Waals surface area contributed by atoms with Crippen LogP contribution in [0.15, 0.2) is 71.6 Å². The summed E-state index contributed by atoms with van der Waals surface area (Å²) in [5, 5.41) is 3.64. The third kappa shape index (κ3) is 6.99. The van der Waals surface area contributed by atoms with Gasteiger partial charge in [0.2, 0.25) is 11.8 Å². The number of anilines is 1. The normalized spacial score (nSPS) is 12.1. The molecule has 0 saturated carbocycles. The van der Waals surface area contributed by atoms with Crippen molar-refractivity contribution in [2.75, 3.05) is 17.4 Å². The van der Waals surface area contributed by atoms with Crippen molar-refractivity contribution in [2.24, 2.45) is 0 Å². The first kappa shape index (κ1) is 29.8.